The SMILES string of the molecule is COC(=O)[C@H](CNC(=O)CC(C)(C)C)NC(=O)c1sc(C(=O)NCc2cccc(O)c2)cc1C. The first-order chi connectivity index (χ1) is 15.9. The van der Waals surface area contributed by atoms with Gasteiger partial charge in [-0.1, -0.05) is 32.9 Å². The van der Waals surface area contributed by atoms with E-state index in [0.29, 0.717) is 10.4 Å². The Morgan fingerprint density at radius 2 is 1.79 bits per heavy atom. The zero-order valence-corrected chi connectivity index (χ0v) is 20.8. The molecule has 0 aliphatic heterocycles. The van der Waals surface area contributed by atoms with E-state index < -0.39 is 17.9 Å². The molecule has 4 N–H and O–H groups in total. The lowest BCUT2D eigenvalue weighted by Crippen LogP contribution is -2.49. The molecule has 0 fully saturated rings. The molecule has 0 aliphatic rings. The van der Waals surface area contributed by atoms with Crippen molar-refractivity contribution in [3.63, 3.8) is 0 Å². The molecule has 0 spiro atoms. The molecule has 1 aromatic heterocycles. The Bertz CT molecular complexity index is 1060. The molecule has 2 rings (SSSR count). The number of benzene rings is 1. The highest BCUT2D eigenvalue weighted by Crippen LogP contribution is 2.22. The zero-order chi connectivity index (χ0) is 25.5. The molecule has 0 saturated heterocycles. The number of methoxy groups -OCH3 is 1. The second-order valence-electron chi connectivity index (χ2n) is 9.07. The lowest BCUT2D eigenvalue weighted by Gasteiger charge is -2.20. The number of hydrogen-bond donors (Lipinski definition) is 4. The maximum Gasteiger partial charge on any atom is 0.330 e. The quantitative estimate of drug-likeness (QED) is 0.400. The summed E-state index contributed by atoms with van der Waals surface area (Å²) in [5, 5.41) is 17.5. The Morgan fingerprint density at radius 3 is 2.41 bits per heavy atom. The predicted molar refractivity (Wildman–Crippen MR) is 129 cm³/mol. The van der Waals surface area contributed by atoms with Gasteiger partial charge in [0.2, 0.25) is 5.91 Å². The normalized spacial score (nSPS) is 11.9. The second kappa shape index (κ2) is 11.6. The van der Waals surface area contributed by atoms with Crippen molar-refractivity contribution in [1.29, 1.82) is 0 Å². The van der Waals surface area contributed by atoms with Crippen molar-refractivity contribution in [3.05, 3.63) is 51.2 Å². The number of phenols is 1. The Kier molecular flexibility index (Phi) is 9.19. The summed E-state index contributed by atoms with van der Waals surface area (Å²) in [4.78, 5) is 50.3. The zero-order valence-electron chi connectivity index (χ0n) is 20.0. The Hall–Kier alpha value is -3.40. The van der Waals surface area contributed by atoms with Crippen molar-refractivity contribution in [1.82, 2.24) is 16.0 Å². The predicted octanol–water partition coefficient (Wildman–Crippen LogP) is 2.52. The van der Waals surface area contributed by atoms with E-state index in [1.807, 2.05) is 20.8 Å². The molecule has 1 atom stereocenters. The van der Waals surface area contributed by atoms with Crippen molar-refractivity contribution in [2.75, 3.05) is 13.7 Å². The van der Waals surface area contributed by atoms with Gasteiger partial charge in [0.1, 0.15) is 11.8 Å². The standard InChI is InChI=1S/C24H31N3O6S/c1-14-9-18(21(30)26-12-15-7-6-8-16(28)10-15)34-20(14)22(31)27-17(23(32)33-5)13-25-19(29)11-24(2,3)4/h6-10,17,28H,11-13H2,1-5H3,(H,25,29)(H,26,30)(H,27,31)/t17-/m0/s1. The molecule has 0 radical (unpaired) electrons. The van der Waals surface area contributed by atoms with Crippen LogP contribution in [-0.2, 0) is 20.9 Å². The van der Waals surface area contributed by atoms with Gasteiger partial charge in [-0.2, -0.15) is 0 Å². The van der Waals surface area contributed by atoms with Gasteiger partial charge in [0, 0.05) is 19.5 Å². The molecular weight excluding hydrogens is 458 g/mol. The van der Waals surface area contributed by atoms with Crippen LogP contribution in [0.5, 0.6) is 5.75 Å². The van der Waals surface area contributed by atoms with Crippen molar-refractivity contribution in [2.45, 2.75) is 46.7 Å². The average Bonchev–Trinajstić information content (AvgIpc) is 3.15. The Morgan fingerprint density at radius 1 is 1.09 bits per heavy atom. The number of carbonyl (C=O) groups excluding carboxylic acids is 4. The van der Waals surface area contributed by atoms with Gasteiger partial charge in [-0.25, -0.2) is 4.79 Å². The molecule has 0 saturated carbocycles. The molecular formula is C24H31N3O6S. The molecule has 10 heteroatoms. The highest BCUT2D eigenvalue weighted by molar-refractivity contribution is 7.16. The van der Waals surface area contributed by atoms with Gasteiger partial charge in [-0.3, -0.25) is 14.4 Å². The van der Waals surface area contributed by atoms with Crippen molar-refractivity contribution >= 4 is 35.0 Å². The molecule has 2 aromatic rings. The van der Waals surface area contributed by atoms with Crippen LogP contribution in [0.15, 0.2) is 30.3 Å². The first-order valence-corrected chi connectivity index (χ1v) is 11.5. The Labute approximate surface area is 202 Å². The molecule has 1 heterocycles. The summed E-state index contributed by atoms with van der Waals surface area (Å²) in [6, 6.07) is 7.05. The van der Waals surface area contributed by atoms with Crippen molar-refractivity contribution < 1.29 is 29.0 Å². The summed E-state index contributed by atoms with van der Waals surface area (Å²) in [6.07, 6.45) is 0.264. The van der Waals surface area contributed by atoms with Crippen LogP contribution in [0.25, 0.3) is 0 Å². The van der Waals surface area contributed by atoms with Gasteiger partial charge in [-0.05, 0) is 41.7 Å². The summed E-state index contributed by atoms with van der Waals surface area (Å²) in [7, 11) is 1.20. The molecule has 9 nitrogen and oxygen atoms in total. The van der Waals surface area contributed by atoms with E-state index in [1.54, 1.807) is 31.2 Å². The van der Waals surface area contributed by atoms with Crippen LogP contribution in [-0.4, -0.2) is 48.5 Å². The fourth-order valence-corrected chi connectivity index (χ4v) is 4.07. The number of esters is 1. The highest BCUT2D eigenvalue weighted by atomic mass is 32.1. The third kappa shape index (κ3) is 8.18. The van der Waals surface area contributed by atoms with E-state index in [9.17, 15) is 24.3 Å². The number of aryl methyl sites for hydroxylation is 1. The van der Waals surface area contributed by atoms with Gasteiger partial charge in [-0.15, -0.1) is 11.3 Å². The number of ether oxygens (including phenoxy) is 1. The monoisotopic (exact) mass is 489 g/mol. The first kappa shape index (κ1) is 26.8. The molecule has 0 bridgehead atoms. The van der Waals surface area contributed by atoms with Gasteiger partial charge < -0.3 is 25.8 Å². The summed E-state index contributed by atoms with van der Waals surface area (Å²) in [5.74, 6) is -1.74. The topological polar surface area (TPSA) is 134 Å². The average molecular weight is 490 g/mol. The Balaban J connectivity index is 2.03. The van der Waals surface area contributed by atoms with Crippen LogP contribution >= 0.6 is 11.3 Å². The number of rotatable bonds is 9. The third-order valence-electron chi connectivity index (χ3n) is 4.70. The van der Waals surface area contributed by atoms with Crippen LogP contribution in [0.1, 0.15) is 57.7 Å². The van der Waals surface area contributed by atoms with E-state index in [2.05, 4.69) is 16.0 Å². The minimum atomic E-state index is -1.08. The maximum absolute atomic E-state index is 12.8. The van der Waals surface area contributed by atoms with E-state index in [4.69, 9.17) is 4.74 Å². The lowest BCUT2D eigenvalue weighted by molar-refractivity contribution is -0.142. The third-order valence-corrected chi connectivity index (χ3v) is 5.93. The van der Waals surface area contributed by atoms with Gasteiger partial charge in [0.15, 0.2) is 0 Å². The van der Waals surface area contributed by atoms with Crippen LogP contribution in [0.3, 0.4) is 0 Å². The minimum Gasteiger partial charge on any atom is -0.508 e. The van der Waals surface area contributed by atoms with Crippen molar-refractivity contribution in [3.8, 4) is 5.75 Å². The number of hydrogen-bond acceptors (Lipinski definition) is 7. The smallest absolute Gasteiger partial charge is 0.330 e. The molecule has 1 aromatic carbocycles. The first-order valence-electron chi connectivity index (χ1n) is 10.7. The van der Waals surface area contributed by atoms with E-state index in [1.165, 1.54) is 13.2 Å². The minimum absolute atomic E-state index is 0.104. The largest absolute Gasteiger partial charge is 0.508 e. The second-order valence-corrected chi connectivity index (χ2v) is 10.1. The number of carbonyl (C=O) groups is 4. The van der Waals surface area contributed by atoms with Crippen LogP contribution in [0.4, 0.5) is 0 Å². The van der Waals surface area contributed by atoms with Crippen LogP contribution < -0.4 is 16.0 Å². The number of aromatic hydroxyl groups is 1. The molecule has 0 unspecified atom stereocenters. The highest BCUT2D eigenvalue weighted by Gasteiger charge is 2.26. The molecule has 184 valence electrons. The van der Waals surface area contributed by atoms with Gasteiger partial charge in [0.25, 0.3) is 11.8 Å². The molecule has 34 heavy (non-hydrogen) atoms. The summed E-state index contributed by atoms with van der Waals surface area (Å²) < 4.78 is 4.75. The van der Waals surface area contributed by atoms with E-state index >= 15 is 0 Å². The number of thiophene rings is 1. The lowest BCUT2D eigenvalue weighted by atomic mass is 9.92. The maximum atomic E-state index is 12.8. The van der Waals surface area contributed by atoms with Crippen LogP contribution in [0.2, 0.25) is 0 Å². The fourth-order valence-electron chi connectivity index (χ4n) is 3.07. The number of phenolic OH excluding ortho intramolecular Hbond substituents is 1. The van der Waals surface area contributed by atoms with Gasteiger partial charge >= 0.3 is 5.97 Å². The fraction of sp³-hybridized carbons (Fsp3) is 0.417. The van der Waals surface area contributed by atoms with Gasteiger partial charge in [0.05, 0.1) is 16.9 Å². The van der Waals surface area contributed by atoms with Crippen molar-refractivity contribution in [2.24, 2.45) is 5.41 Å². The van der Waals surface area contributed by atoms with E-state index in [-0.39, 0.29) is 47.4 Å². The van der Waals surface area contributed by atoms with Crippen LogP contribution in [0, 0.1) is 12.3 Å². The summed E-state index contributed by atoms with van der Waals surface area (Å²) in [5.41, 5.74) is 1.08. The number of amides is 3. The molecule has 0 aliphatic carbocycles. The number of nitrogens with one attached hydrogen (secondary N) is 3. The van der Waals surface area contributed by atoms with E-state index in [0.717, 1.165) is 16.9 Å². The summed E-state index contributed by atoms with van der Waals surface area (Å²) >= 11 is 0.995. The summed E-state index contributed by atoms with van der Waals surface area (Å²) in [6.45, 7) is 7.55. The molecule has 3 amide bonds.